The number of amides is 2. The molecule has 19 heavy (non-hydrogen) atoms. The zero-order chi connectivity index (χ0) is 14.0. The molecule has 1 aromatic rings. The fourth-order valence-corrected chi connectivity index (χ4v) is 3.59. The van der Waals surface area contributed by atoms with Crippen LogP contribution in [0.1, 0.15) is 31.6 Å². The molecule has 2 amide bonds. The topological polar surface area (TPSA) is 49.4 Å². The lowest BCUT2D eigenvalue weighted by Crippen LogP contribution is -2.54. The van der Waals surface area contributed by atoms with Crippen molar-refractivity contribution in [1.82, 2.24) is 10.2 Å². The summed E-state index contributed by atoms with van der Waals surface area (Å²) in [6.45, 7) is 4.77. The van der Waals surface area contributed by atoms with E-state index in [1.165, 1.54) is 0 Å². The monoisotopic (exact) mass is 344 g/mol. The Labute approximate surface area is 125 Å². The molecule has 1 aromatic heterocycles. The van der Waals surface area contributed by atoms with E-state index in [0.29, 0.717) is 25.9 Å². The van der Waals surface area contributed by atoms with Crippen molar-refractivity contribution in [2.24, 2.45) is 0 Å². The van der Waals surface area contributed by atoms with Gasteiger partial charge in [0.2, 0.25) is 11.8 Å². The van der Waals surface area contributed by atoms with Gasteiger partial charge in [0, 0.05) is 27.7 Å². The van der Waals surface area contributed by atoms with Crippen molar-refractivity contribution in [2.75, 3.05) is 6.54 Å². The third kappa shape index (κ3) is 3.17. The predicted molar refractivity (Wildman–Crippen MR) is 78.9 cm³/mol. The minimum atomic E-state index is -0.776. The quantitative estimate of drug-likeness (QED) is 0.915. The number of thiophene rings is 1. The lowest BCUT2D eigenvalue weighted by molar-refractivity contribution is -0.138. The largest absolute Gasteiger partial charge is 0.342 e. The Hall–Kier alpha value is -0.880. The highest BCUT2D eigenvalue weighted by molar-refractivity contribution is 9.10. The smallest absolute Gasteiger partial charge is 0.248 e. The minimum Gasteiger partial charge on any atom is -0.342 e. The number of carbonyl (C=O) groups is 2. The normalized spacial score (nSPS) is 24.3. The molecule has 1 unspecified atom stereocenters. The molecular formula is C13H17BrN2O2S. The molecule has 2 heterocycles. The zero-order valence-corrected chi connectivity index (χ0v) is 13.4. The summed E-state index contributed by atoms with van der Waals surface area (Å²) in [4.78, 5) is 27.2. The van der Waals surface area contributed by atoms with Gasteiger partial charge in [0.1, 0.15) is 5.54 Å². The van der Waals surface area contributed by atoms with Crippen LogP contribution in [0.2, 0.25) is 0 Å². The van der Waals surface area contributed by atoms with Crippen LogP contribution in [0.5, 0.6) is 0 Å². The van der Waals surface area contributed by atoms with Gasteiger partial charge in [-0.05, 0) is 35.3 Å². The van der Waals surface area contributed by atoms with Gasteiger partial charge in [-0.25, -0.2) is 0 Å². The van der Waals surface area contributed by atoms with Crippen LogP contribution in [0.15, 0.2) is 15.9 Å². The predicted octanol–water partition coefficient (Wildman–Crippen LogP) is 2.53. The van der Waals surface area contributed by atoms with Crippen molar-refractivity contribution < 1.29 is 9.59 Å². The second-order valence-electron chi connectivity index (χ2n) is 4.94. The van der Waals surface area contributed by atoms with Crippen LogP contribution >= 0.6 is 27.3 Å². The Balaban J connectivity index is 2.19. The molecule has 4 nitrogen and oxygen atoms in total. The number of carbonyl (C=O) groups excluding carboxylic acids is 2. The lowest BCUT2D eigenvalue weighted by atomic mass is 9.97. The van der Waals surface area contributed by atoms with Gasteiger partial charge < -0.3 is 10.2 Å². The summed E-state index contributed by atoms with van der Waals surface area (Å²) in [6.07, 6.45) is 0.968. The molecule has 0 bridgehead atoms. The maximum absolute atomic E-state index is 12.6. The Morgan fingerprint density at radius 1 is 1.53 bits per heavy atom. The van der Waals surface area contributed by atoms with Crippen molar-refractivity contribution in [3.63, 3.8) is 0 Å². The van der Waals surface area contributed by atoms with Crippen molar-refractivity contribution in [3.05, 3.63) is 20.8 Å². The van der Waals surface area contributed by atoms with Crippen molar-refractivity contribution in [2.45, 2.75) is 38.8 Å². The molecule has 1 atom stereocenters. The van der Waals surface area contributed by atoms with Crippen LogP contribution in [-0.2, 0) is 16.1 Å². The SMILES string of the molecule is CCC1(C)NC(=O)CCN(Cc2cc(Br)cs2)C1=O. The second-order valence-corrected chi connectivity index (χ2v) is 6.85. The minimum absolute atomic E-state index is 0.00497. The molecule has 0 saturated carbocycles. The molecule has 1 fully saturated rings. The number of halogens is 1. The number of nitrogens with one attached hydrogen (secondary N) is 1. The molecule has 2 rings (SSSR count). The first-order valence-corrected chi connectivity index (χ1v) is 7.95. The standard InChI is InChI=1S/C13H17BrN2O2S/c1-3-13(2)12(18)16(5-4-11(17)15-13)7-10-6-9(14)8-19-10/h6,8H,3-5,7H2,1-2H3,(H,15,17). The molecule has 104 valence electrons. The summed E-state index contributed by atoms with van der Waals surface area (Å²) in [7, 11) is 0. The summed E-state index contributed by atoms with van der Waals surface area (Å²) >= 11 is 5.03. The molecule has 1 saturated heterocycles. The van der Waals surface area contributed by atoms with Gasteiger partial charge in [0.15, 0.2) is 0 Å². The van der Waals surface area contributed by atoms with E-state index in [0.717, 1.165) is 9.35 Å². The van der Waals surface area contributed by atoms with Gasteiger partial charge in [-0.1, -0.05) is 6.92 Å². The molecule has 1 aliphatic heterocycles. The van der Waals surface area contributed by atoms with Gasteiger partial charge in [0.05, 0.1) is 6.54 Å². The van der Waals surface area contributed by atoms with Crippen LogP contribution in [0.4, 0.5) is 0 Å². The van der Waals surface area contributed by atoms with Crippen LogP contribution in [-0.4, -0.2) is 28.8 Å². The molecule has 6 heteroatoms. The Bertz CT molecular complexity index is 503. The Morgan fingerprint density at radius 2 is 2.26 bits per heavy atom. The lowest BCUT2D eigenvalue weighted by Gasteiger charge is -2.30. The third-order valence-corrected chi connectivity index (χ3v) is 5.14. The molecule has 1 N–H and O–H groups in total. The first-order chi connectivity index (χ1) is 8.94. The van der Waals surface area contributed by atoms with Crippen LogP contribution < -0.4 is 5.32 Å². The Morgan fingerprint density at radius 3 is 2.84 bits per heavy atom. The van der Waals surface area contributed by atoms with E-state index in [1.807, 2.05) is 18.4 Å². The van der Waals surface area contributed by atoms with E-state index in [2.05, 4.69) is 21.2 Å². The van der Waals surface area contributed by atoms with Gasteiger partial charge in [-0.2, -0.15) is 0 Å². The number of hydrogen-bond acceptors (Lipinski definition) is 3. The molecule has 0 spiro atoms. The van der Waals surface area contributed by atoms with Gasteiger partial charge in [0.25, 0.3) is 0 Å². The summed E-state index contributed by atoms with van der Waals surface area (Å²) in [6, 6.07) is 2.02. The Kier molecular flexibility index (Phi) is 4.30. The highest BCUT2D eigenvalue weighted by atomic mass is 79.9. The average molecular weight is 345 g/mol. The van der Waals surface area contributed by atoms with Crippen LogP contribution in [0, 0.1) is 0 Å². The van der Waals surface area contributed by atoms with Crippen LogP contribution in [0.25, 0.3) is 0 Å². The fourth-order valence-electron chi connectivity index (χ4n) is 2.13. The molecule has 0 aromatic carbocycles. The van der Waals surface area contributed by atoms with Gasteiger partial charge >= 0.3 is 0 Å². The summed E-state index contributed by atoms with van der Waals surface area (Å²) in [5, 5.41) is 4.84. The fraction of sp³-hybridized carbons (Fsp3) is 0.538. The summed E-state index contributed by atoms with van der Waals surface area (Å²) in [5.41, 5.74) is -0.776. The van der Waals surface area contributed by atoms with Gasteiger partial charge in [-0.3, -0.25) is 9.59 Å². The average Bonchev–Trinajstić information content (AvgIpc) is 2.74. The first-order valence-electron chi connectivity index (χ1n) is 6.28. The van der Waals surface area contributed by atoms with E-state index in [1.54, 1.807) is 23.2 Å². The highest BCUT2D eigenvalue weighted by Gasteiger charge is 2.39. The van der Waals surface area contributed by atoms with Crippen LogP contribution in [0.3, 0.4) is 0 Å². The van der Waals surface area contributed by atoms with E-state index in [9.17, 15) is 9.59 Å². The highest BCUT2D eigenvalue weighted by Crippen LogP contribution is 2.24. The molecular weight excluding hydrogens is 328 g/mol. The number of hydrogen-bond donors (Lipinski definition) is 1. The number of nitrogens with zero attached hydrogens (tertiary/aromatic N) is 1. The van der Waals surface area contributed by atoms with Crippen molar-refractivity contribution in [3.8, 4) is 0 Å². The zero-order valence-electron chi connectivity index (χ0n) is 11.0. The summed E-state index contributed by atoms with van der Waals surface area (Å²) < 4.78 is 1.03. The molecule has 1 aliphatic rings. The van der Waals surface area contributed by atoms with Crippen molar-refractivity contribution >= 4 is 39.1 Å². The van der Waals surface area contributed by atoms with E-state index in [4.69, 9.17) is 0 Å². The molecule has 0 radical (unpaired) electrons. The second kappa shape index (κ2) is 5.63. The number of rotatable bonds is 3. The maximum Gasteiger partial charge on any atom is 0.248 e. The summed E-state index contributed by atoms with van der Waals surface area (Å²) in [5.74, 6) is -0.0436. The maximum atomic E-state index is 12.6. The molecule has 0 aliphatic carbocycles. The first kappa shape index (κ1) is 14.5. The third-order valence-electron chi connectivity index (χ3n) is 3.46. The van der Waals surface area contributed by atoms with Crippen molar-refractivity contribution in [1.29, 1.82) is 0 Å². The van der Waals surface area contributed by atoms with E-state index >= 15 is 0 Å². The van der Waals surface area contributed by atoms with Gasteiger partial charge in [-0.15, -0.1) is 11.3 Å². The van der Waals surface area contributed by atoms with E-state index in [-0.39, 0.29) is 11.8 Å². The van der Waals surface area contributed by atoms with E-state index < -0.39 is 5.54 Å².